The van der Waals surface area contributed by atoms with Gasteiger partial charge in [-0.2, -0.15) is 0 Å². The molecule has 152 valence electrons. The zero-order chi connectivity index (χ0) is 21.0. The van der Waals surface area contributed by atoms with Gasteiger partial charge in [-0.15, -0.1) is 0 Å². The SMILES string of the molecule is COC(=O)c1ccccc1NC(=O)COC(=O)CN1C(=O)[C@H]2CC=CC[C@@H]2C1=O. The summed E-state index contributed by atoms with van der Waals surface area (Å²) in [7, 11) is 1.22. The summed E-state index contributed by atoms with van der Waals surface area (Å²) in [6, 6.07) is 6.21. The third-order valence-electron chi connectivity index (χ3n) is 4.86. The van der Waals surface area contributed by atoms with Crippen molar-refractivity contribution in [3.05, 3.63) is 42.0 Å². The normalized spacial score (nSPS) is 20.2. The van der Waals surface area contributed by atoms with Gasteiger partial charge >= 0.3 is 11.9 Å². The Morgan fingerprint density at radius 1 is 1.07 bits per heavy atom. The third kappa shape index (κ3) is 4.34. The molecule has 1 fully saturated rings. The molecule has 1 aromatic rings. The molecule has 0 spiro atoms. The summed E-state index contributed by atoms with van der Waals surface area (Å²) in [6.45, 7) is -1.16. The molecule has 2 atom stereocenters. The molecule has 3 rings (SSSR count). The molecule has 3 amide bonds. The zero-order valence-corrected chi connectivity index (χ0v) is 15.8. The highest BCUT2D eigenvalue weighted by atomic mass is 16.5. The Hall–Kier alpha value is -3.49. The number of nitrogens with zero attached hydrogens (tertiary/aromatic N) is 1. The van der Waals surface area contributed by atoms with E-state index in [-0.39, 0.29) is 11.3 Å². The van der Waals surface area contributed by atoms with Gasteiger partial charge in [-0.1, -0.05) is 24.3 Å². The van der Waals surface area contributed by atoms with Gasteiger partial charge in [-0.05, 0) is 25.0 Å². The van der Waals surface area contributed by atoms with Crippen LogP contribution in [-0.2, 0) is 28.7 Å². The van der Waals surface area contributed by atoms with E-state index in [9.17, 15) is 24.0 Å². The summed E-state index contributed by atoms with van der Waals surface area (Å²) >= 11 is 0. The average Bonchev–Trinajstić information content (AvgIpc) is 2.97. The molecule has 0 radical (unpaired) electrons. The molecule has 0 unspecified atom stereocenters. The number of esters is 2. The fourth-order valence-corrected chi connectivity index (χ4v) is 3.41. The van der Waals surface area contributed by atoms with Gasteiger partial charge in [-0.3, -0.25) is 24.1 Å². The number of anilines is 1. The number of ether oxygens (including phenoxy) is 2. The maximum atomic E-state index is 12.3. The topological polar surface area (TPSA) is 119 Å². The highest BCUT2D eigenvalue weighted by Gasteiger charge is 2.47. The van der Waals surface area contributed by atoms with Crippen LogP contribution in [0.15, 0.2) is 36.4 Å². The van der Waals surface area contributed by atoms with Gasteiger partial charge in [0.2, 0.25) is 11.8 Å². The van der Waals surface area contributed by atoms with E-state index in [1.807, 2.05) is 12.2 Å². The van der Waals surface area contributed by atoms with Gasteiger partial charge in [0.25, 0.3) is 5.91 Å². The molecule has 9 heteroatoms. The number of likely N-dealkylation sites (tertiary alicyclic amines) is 1. The van der Waals surface area contributed by atoms with Gasteiger partial charge in [0, 0.05) is 0 Å². The van der Waals surface area contributed by atoms with Gasteiger partial charge in [0.1, 0.15) is 6.54 Å². The quantitative estimate of drug-likeness (QED) is 0.428. The Kier molecular flexibility index (Phi) is 6.06. The molecule has 1 saturated heterocycles. The van der Waals surface area contributed by atoms with Crippen molar-refractivity contribution in [1.82, 2.24) is 4.90 Å². The molecule has 2 aliphatic rings. The third-order valence-corrected chi connectivity index (χ3v) is 4.86. The van der Waals surface area contributed by atoms with E-state index in [2.05, 4.69) is 10.1 Å². The Morgan fingerprint density at radius 3 is 2.31 bits per heavy atom. The Labute approximate surface area is 166 Å². The fraction of sp³-hybridized carbons (Fsp3) is 0.350. The minimum absolute atomic E-state index is 0.152. The first-order valence-electron chi connectivity index (χ1n) is 9.05. The van der Waals surface area contributed by atoms with Crippen molar-refractivity contribution in [2.45, 2.75) is 12.8 Å². The molecule has 0 bridgehead atoms. The average molecular weight is 400 g/mol. The van der Waals surface area contributed by atoms with E-state index in [0.717, 1.165) is 4.90 Å². The number of benzene rings is 1. The lowest BCUT2D eigenvalue weighted by Gasteiger charge is -2.14. The molecule has 0 aromatic heterocycles. The van der Waals surface area contributed by atoms with Crippen LogP contribution in [-0.4, -0.2) is 54.8 Å². The number of hydrogen-bond acceptors (Lipinski definition) is 7. The van der Waals surface area contributed by atoms with Crippen LogP contribution in [0, 0.1) is 11.8 Å². The summed E-state index contributed by atoms with van der Waals surface area (Å²) in [5.41, 5.74) is 0.362. The number of methoxy groups -OCH3 is 1. The predicted molar refractivity (Wildman–Crippen MR) is 99.4 cm³/mol. The van der Waals surface area contributed by atoms with Crippen LogP contribution in [0.3, 0.4) is 0 Å². The molecular weight excluding hydrogens is 380 g/mol. The van der Waals surface area contributed by atoms with E-state index >= 15 is 0 Å². The van der Waals surface area contributed by atoms with Gasteiger partial charge in [0.05, 0.1) is 30.2 Å². The molecule has 1 N–H and O–H groups in total. The van der Waals surface area contributed by atoms with Gasteiger partial charge in [-0.25, -0.2) is 4.79 Å². The predicted octanol–water partition coefficient (Wildman–Crippen LogP) is 0.906. The van der Waals surface area contributed by atoms with Crippen LogP contribution >= 0.6 is 0 Å². The van der Waals surface area contributed by atoms with Crippen LogP contribution in [0.2, 0.25) is 0 Å². The lowest BCUT2D eigenvalue weighted by molar-refractivity contribution is -0.154. The number of imide groups is 1. The maximum absolute atomic E-state index is 12.3. The van der Waals surface area contributed by atoms with E-state index in [4.69, 9.17) is 4.74 Å². The Bertz CT molecular complexity index is 867. The summed E-state index contributed by atoms with van der Waals surface area (Å²) in [4.78, 5) is 61.4. The molecule has 1 aliphatic carbocycles. The highest BCUT2D eigenvalue weighted by Crippen LogP contribution is 2.34. The van der Waals surface area contributed by atoms with E-state index in [1.54, 1.807) is 12.1 Å². The number of fused-ring (bicyclic) bond motifs is 1. The molecular formula is C20H20N2O7. The second kappa shape index (κ2) is 8.68. The van der Waals surface area contributed by atoms with Crippen LogP contribution in [0.5, 0.6) is 0 Å². The highest BCUT2D eigenvalue weighted by molar-refractivity contribution is 6.07. The zero-order valence-electron chi connectivity index (χ0n) is 15.8. The minimum Gasteiger partial charge on any atom is -0.465 e. The maximum Gasteiger partial charge on any atom is 0.339 e. The van der Waals surface area contributed by atoms with E-state index < -0.39 is 54.6 Å². The monoisotopic (exact) mass is 400 g/mol. The number of carbonyl (C=O) groups excluding carboxylic acids is 5. The van der Waals surface area contributed by atoms with Crippen LogP contribution in [0.25, 0.3) is 0 Å². The van der Waals surface area contributed by atoms with Crippen molar-refractivity contribution in [2.24, 2.45) is 11.8 Å². The fourth-order valence-electron chi connectivity index (χ4n) is 3.41. The minimum atomic E-state index is -0.866. The van der Waals surface area contributed by atoms with Crippen molar-refractivity contribution in [2.75, 3.05) is 25.6 Å². The molecule has 1 aromatic carbocycles. The summed E-state index contributed by atoms with van der Waals surface area (Å²) in [5.74, 6) is -3.81. The second-order valence-electron chi connectivity index (χ2n) is 6.66. The molecule has 0 saturated carbocycles. The second-order valence-corrected chi connectivity index (χ2v) is 6.66. The van der Waals surface area contributed by atoms with Crippen LogP contribution in [0.1, 0.15) is 23.2 Å². The number of nitrogens with one attached hydrogen (secondary N) is 1. The number of amides is 3. The lowest BCUT2D eigenvalue weighted by atomic mass is 9.85. The Balaban J connectivity index is 1.53. The number of allylic oxidation sites excluding steroid dienone is 2. The first-order valence-corrected chi connectivity index (χ1v) is 9.05. The molecule has 29 heavy (non-hydrogen) atoms. The van der Waals surface area contributed by atoms with Crippen LogP contribution < -0.4 is 5.32 Å². The molecule has 9 nitrogen and oxygen atoms in total. The number of carbonyl (C=O) groups is 5. The van der Waals surface area contributed by atoms with Crippen molar-refractivity contribution in [1.29, 1.82) is 0 Å². The smallest absolute Gasteiger partial charge is 0.339 e. The van der Waals surface area contributed by atoms with Crippen molar-refractivity contribution < 1.29 is 33.4 Å². The molecule has 1 heterocycles. The first kappa shape index (κ1) is 20.2. The van der Waals surface area contributed by atoms with E-state index in [1.165, 1.54) is 19.2 Å². The van der Waals surface area contributed by atoms with Crippen molar-refractivity contribution in [3.63, 3.8) is 0 Å². The number of para-hydroxylation sites is 1. The number of rotatable bonds is 6. The standard InChI is InChI=1S/C20H20N2O7/c1-28-20(27)14-8-4-5-9-15(14)21-16(23)11-29-17(24)10-22-18(25)12-6-2-3-7-13(12)19(22)26/h2-5,8-9,12-13H,6-7,10-11H2,1H3,(H,21,23)/t12-,13-/m0/s1. The first-order chi connectivity index (χ1) is 13.9. The van der Waals surface area contributed by atoms with Gasteiger partial charge < -0.3 is 14.8 Å². The summed E-state index contributed by atoms with van der Waals surface area (Å²) in [6.07, 6.45) is 4.65. The summed E-state index contributed by atoms with van der Waals surface area (Å²) < 4.78 is 9.53. The number of hydrogen-bond donors (Lipinski definition) is 1. The van der Waals surface area contributed by atoms with Gasteiger partial charge in [0.15, 0.2) is 6.61 Å². The largest absolute Gasteiger partial charge is 0.465 e. The summed E-state index contributed by atoms with van der Waals surface area (Å²) in [5, 5.41) is 2.46. The lowest BCUT2D eigenvalue weighted by Crippen LogP contribution is -2.37. The van der Waals surface area contributed by atoms with Crippen molar-refractivity contribution in [3.8, 4) is 0 Å². The van der Waals surface area contributed by atoms with Crippen LogP contribution in [0.4, 0.5) is 5.69 Å². The van der Waals surface area contributed by atoms with Crippen molar-refractivity contribution >= 4 is 35.3 Å². The Morgan fingerprint density at radius 2 is 1.69 bits per heavy atom. The van der Waals surface area contributed by atoms with E-state index in [0.29, 0.717) is 12.8 Å². The molecule has 1 aliphatic heterocycles.